The Morgan fingerprint density at radius 3 is 3.12 bits per heavy atom. The van der Waals surface area contributed by atoms with Gasteiger partial charge in [-0.2, -0.15) is 5.01 Å². The third-order valence-corrected chi connectivity index (χ3v) is 2.38. The van der Waals surface area contributed by atoms with E-state index in [1.807, 2.05) is 18.2 Å². The van der Waals surface area contributed by atoms with Crippen LogP contribution in [0.4, 0.5) is 16.2 Å². The number of carbonyl (C=O) groups is 1. The molecule has 1 aromatic rings. The van der Waals surface area contributed by atoms with Gasteiger partial charge in [-0.15, -0.1) is 0 Å². The number of rotatable bonds is 2. The summed E-state index contributed by atoms with van der Waals surface area (Å²) in [6, 6.07) is 7.11. The zero-order valence-electron chi connectivity index (χ0n) is 9.17. The van der Waals surface area contributed by atoms with Gasteiger partial charge in [0.25, 0.3) is 0 Å². The van der Waals surface area contributed by atoms with Crippen molar-refractivity contribution in [2.75, 3.05) is 24.0 Å². The lowest BCUT2D eigenvalue weighted by Crippen LogP contribution is -2.31. The standard InChI is InChI=1S/C9H12N6OS/c1-10-9(16)11-7-3-2-4-8(5-7)14-6-15(17)13-12-14/h2-5,12H,6H2,1H3,(H2,10,11,16). The SMILES string of the molecule is CNC(=O)Nc1cccc(N2C[N+]([S-])=NN2)c1. The van der Waals surface area contributed by atoms with E-state index in [0.29, 0.717) is 12.4 Å². The average Bonchev–Trinajstić information content (AvgIpc) is 2.76. The summed E-state index contributed by atoms with van der Waals surface area (Å²) in [6.45, 7) is 0.471. The minimum absolute atomic E-state index is 0.258. The smallest absolute Gasteiger partial charge is 0.318 e. The van der Waals surface area contributed by atoms with Gasteiger partial charge in [0.2, 0.25) is 0 Å². The minimum atomic E-state index is -0.258. The summed E-state index contributed by atoms with van der Waals surface area (Å²) in [5.74, 6) is 0. The Hall–Kier alpha value is -2.09. The number of nitrogens with one attached hydrogen (secondary N) is 3. The molecule has 0 saturated heterocycles. The van der Waals surface area contributed by atoms with Crippen LogP contribution in [0.25, 0.3) is 0 Å². The molecule has 0 unspecified atom stereocenters. The van der Waals surface area contributed by atoms with Gasteiger partial charge in [-0.1, -0.05) is 11.6 Å². The first-order valence-corrected chi connectivity index (χ1v) is 5.33. The quantitative estimate of drug-likeness (QED) is 0.531. The van der Waals surface area contributed by atoms with Crippen molar-refractivity contribution in [1.29, 1.82) is 0 Å². The van der Waals surface area contributed by atoms with E-state index in [1.54, 1.807) is 18.1 Å². The number of hydrazine groups is 1. The Bertz CT molecular complexity index is 463. The molecular weight excluding hydrogens is 240 g/mol. The lowest BCUT2D eigenvalue weighted by atomic mass is 10.2. The molecule has 8 heteroatoms. The summed E-state index contributed by atoms with van der Waals surface area (Å²) >= 11 is 4.88. The molecule has 0 radical (unpaired) electrons. The van der Waals surface area contributed by atoms with Gasteiger partial charge in [0.05, 0.1) is 10.9 Å². The molecule has 1 heterocycles. The molecular formula is C9H12N6OS. The van der Waals surface area contributed by atoms with Crippen molar-refractivity contribution in [3.8, 4) is 0 Å². The van der Waals surface area contributed by atoms with Crippen molar-refractivity contribution in [1.82, 2.24) is 10.9 Å². The van der Waals surface area contributed by atoms with Gasteiger partial charge in [-0.3, -0.25) is 4.10 Å². The Labute approximate surface area is 104 Å². The first-order chi connectivity index (χ1) is 8.19. The molecule has 0 bridgehead atoms. The predicted molar refractivity (Wildman–Crippen MR) is 65.1 cm³/mol. The highest BCUT2D eigenvalue weighted by molar-refractivity contribution is 7.51. The van der Waals surface area contributed by atoms with Crippen molar-refractivity contribution >= 4 is 30.2 Å². The lowest BCUT2D eigenvalue weighted by molar-refractivity contribution is -0.407. The van der Waals surface area contributed by atoms with Gasteiger partial charge >= 0.3 is 6.03 Å². The number of nitrogens with zero attached hydrogens (tertiary/aromatic N) is 3. The van der Waals surface area contributed by atoms with Gasteiger partial charge in [0, 0.05) is 12.7 Å². The Kier molecular flexibility index (Phi) is 3.24. The van der Waals surface area contributed by atoms with Crippen molar-refractivity contribution in [2.45, 2.75) is 0 Å². The number of hydrogen-bond donors (Lipinski definition) is 3. The molecule has 17 heavy (non-hydrogen) atoms. The van der Waals surface area contributed by atoms with Crippen LogP contribution in [0.5, 0.6) is 0 Å². The number of amides is 2. The zero-order chi connectivity index (χ0) is 12.3. The molecule has 1 aliphatic rings. The largest absolute Gasteiger partial charge is 0.532 e. The van der Waals surface area contributed by atoms with E-state index in [2.05, 4.69) is 21.4 Å². The summed E-state index contributed by atoms with van der Waals surface area (Å²) in [5, 5.41) is 10.8. The third kappa shape index (κ3) is 2.72. The fraction of sp³-hybridized carbons (Fsp3) is 0.222. The predicted octanol–water partition coefficient (Wildman–Crippen LogP) is 0.562. The number of benzene rings is 1. The fourth-order valence-electron chi connectivity index (χ4n) is 1.37. The maximum Gasteiger partial charge on any atom is 0.318 e. The number of hydrogen-bond acceptors (Lipinski definition) is 5. The van der Waals surface area contributed by atoms with Crippen LogP contribution in [0.1, 0.15) is 0 Å². The highest BCUT2D eigenvalue weighted by atomic mass is 32.1. The number of urea groups is 1. The van der Waals surface area contributed by atoms with E-state index >= 15 is 0 Å². The number of anilines is 2. The minimum Gasteiger partial charge on any atom is -0.532 e. The Balaban J connectivity index is 2.09. The fourth-order valence-corrected chi connectivity index (χ4v) is 1.52. The second-order valence-corrected chi connectivity index (χ2v) is 3.80. The average molecular weight is 252 g/mol. The summed E-state index contributed by atoms with van der Waals surface area (Å²) in [7, 11) is 1.56. The third-order valence-electron chi connectivity index (χ3n) is 2.18. The normalized spacial score (nSPS) is 13.9. The molecule has 0 fully saturated rings. The van der Waals surface area contributed by atoms with Gasteiger partial charge in [0.15, 0.2) is 6.67 Å². The second kappa shape index (κ2) is 4.83. The van der Waals surface area contributed by atoms with Crippen LogP contribution in [-0.4, -0.2) is 23.9 Å². The van der Waals surface area contributed by atoms with Crippen molar-refractivity contribution in [2.24, 2.45) is 5.22 Å². The van der Waals surface area contributed by atoms with E-state index in [0.717, 1.165) is 5.69 Å². The first-order valence-electron chi connectivity index (χ1n) is 4.96. The number of carbonyl (C=O) groups excluding carboxylic acids is 1. The second-order valence-electron chi connectivity index (χ2n) is 3.38. The molecule has 7 nitrogen and oxygen atoms in total. The molecule has 90 valence electrons. The van der Waals surface area contributed by atoms with Crippen LogP contribution in [0, 0.1) is 0 Å². The van der Waals surface area contributed by atoms with E-state index in [1.165, 1.54) is 4.10 Å². The van der Waals surface area contributed by atoms with Crippen molar-refractivity contribution in [3.63, 3.8) is 0 Å². The topological polar surface area (TPSA) is 71.8 Å². The molecule has 1 aliphatic heterocycles. The highest BCUT2D eigenvalue weighted by Crippen LogP contribution is 2.19. The Morgan fingerprint density at radius 2 is 2.47 bits per heavy atom. The van der Waals surface area contributed by atoms with Gasteiger partial charge in [-0.05, 0) is 18.2 Å². The molecule has 0 saturated carbocycles. The van der Waals surface area contributed by atoms with Gasteiger partial charge in [0.1, 0.15) is 0 Å². The zero-order valence-corrected chi connectivity index (χ0v) is 9.99. The van der Waals surface area contributed by atoms with Crippen molar-refractivity contribution in [3.05, 3.63) is 24.3 Å². The summed E-state index contributed by atoms with van der Waals surface area (Å²) in [4.78, 5) is 11.2. The molecule has 2 amide bonds. The summed E-state index contributed by atoms with van der Waals surface area (Å²) in [6.07, 6.45) is 0. The molecule has 2 rings (SSSR count). The molecule has 0 aliphatic carbocycles. The summed E-state index contributed by atoms with van der Waals surface area (Å²) < 4.78 is 1.36. The van der Waals surface area contributed by atoms with Gasteiger partial charge < -0.3 is 23.4 Å². The van der Waals surface area contributed by atoms with E-state index in [-0.39, 0.29) is 6.03 Å². The maximum absolute atomic E-state index is 11.2. The van der Waals surface area contributed by atoms with E-state index in [9.17, 15) is 4.79 Å². The molecule has 1 aromatic carbocycles. The van der Waals surface area contributed by atoms with E-state index in [4.69, 9.17) is 12.8 Å². The monoisotopic (exact) mass is 252 g/mol. The summed E-state index contributed by atoms with van der Waals surface area (Å²) in [5.41, 5.74) is 4.34. The van der Waals surface area contributed by atoms with Crippen LogP contribution < -0.4 is 21.2 Å². The van der Waals surface area contributed by atoms with Crippen molar-refractivity contribution < 1.29 is 8.90 Å². The van der Waals surface area contributed by atoms with Gasteiger partial charge in [-0.25, -0.2) is 4.79 Å². The molecule has 0 aromatic heterocycles. The maximum atomic E-state index is 11.2. The Morgan fingerprint density at radius 1 is 1.65 bits per heavy atom. The lowest BCUT2D eigenvalue weighted by Gasteiger charge is -2.12. The van der Waals surface area contributed by atoms with Crippen LogP contribution >= 0.6 is 0 Å². The van der Waals surface area contributed by atoms with Crippen LogP contribution in [0.15, 0.2) is 29.5 Å². The van der Waals surface area contributed by atoms with Crippen LogP contribution in [0.3, 0.4) is 0 Å². The molecule has 0 atom stereocenters. The highest BCUT2D eigenvalue weighted by Gasteiger charge is 2.16. The van der Waals surface area contributed by atoms with Crippen LogP contribution in [-0.2, 0) is 12.8 Å². The first kappa shape index (κ1) is 11.4. The molecule has 3 N–H and O–H groups in total. The van der Waals surface area contributed by atoms with E-state index < -0.39 is 0 Å². The van der Waals surface area contributed by atoms with Crippen LogP contribution in [0.2, 0.25) is 0 Å². The molecule has 0 spiro atoms.